The van der Waals surface area contributed by atoms with Crippen LogP contribution in [-0.4, -0.2) is 5.91 Å². The van der Waals surface area contributed by atoms with Crippen LogP contribution in [-0.2, 0) is 0 Å². The zero-order valence-electron chi connectivity index (χ0n) is 10.3. The molecular weight excluding hydrogens is 290 g/mol. The van der Waals surface area contributed by atoms with E-state index in [0.29, 0.717) is 5.56 Å². The lowest BCUT2D eigenvalue weighted by Crippen LogP contribution is -2.12. The van der Waals surface area contributed by atoms with E-state index in [-0.39, 0.29) is 5.91 Å². The molecule has 0 spiro atoms. The van der Waals surface area contributed by atoms with Crippen LogP contribution < -0.4 is 5.32 Å². The zero-order valence-corrected chi connectivity index (χ0v) is 11.9. The zero-order chi connectivity index (χ0) is 13.1. The van der Waals surface area contributed by atoms with Gasteiger partial charge >= 0.3 is 0 Å². The maximum atomic E-state index is 12.1. The van der Waals surface area contributed by atoms with Gasteiger partial charge in [-0.25, -0.2) is 0 Å². The van der Waals surface area contributed by atoms with E-state index >= 15 is 0 Å². The van der Waals surface area contributed by atoms with Gasteiger partial charge < -0.3 is 5.32 Å². The first-order valence-corrected chi connectivity index (χ1v) is 6.50. The van der Waals surface area contributed by atoms with Crippen LogP contribution in [0.15, 0.2) is 46.9 Å². The van der Waals surface area contributed by atoms with E-state index in [1.165, 1.54) is 0 Å². The van der Waals surface area contributed by atoms with E-state index in [0.717, 1.165) is 21.3 Å². The SMILES string of the molecule is Cc1cccc(C(=O)Nc2ccc(Br)cc2C)c1. The summed E-state index contributed by atoms with van der Waals surface area (Å²) in [6.45, 7) is 3.94. The molecule has 0 saturated heterocycles. The summed E-state index contributed by atoms with van der Waals surface area (Å²) >= 11 is 3.40. The first-order valence-electron chi connectivity index (χ1n) is 5.70. The van der Waals surface area contributed by atoms with Gasteiger partial charge in [-0.3, -0.25) is 4.79 Å². The summed E-state index contributed by atoms with van der Waals surface area (Å²) in [6, 6.07) is 13.3. The predicted octanol–water partition coefficient (Wildman–Crippen LogP) is 4.32. The van der Waals surface area contributed by atoms with Gasteiger partial charge in [-0.2, -0.15) is 0 Å². The normalized spacial score (nSPS) is 10.2. The minimum absolute atomic E-state index is 0.0795. The van der Waals surface area contributed by atoms with Crippen LogP contribution in [0.25, 0.3) is 0 Å². The highest BCUT2D eigenvalue weighted by Gasteiger charge is 2.07. The summed E-state index contributed by atoms with van der Waals surface area (Å²) in [7, 11) is 0. The highest BCUT2D eigenvalue weighted by atomic mass is 79.9. The monoisotopic (exact) mass is 303 g/mol. The molecule has 0 aromatic heterocycles. The van der Waals surface area contributed by atoms with Crippen LogP contribution in [0.2, 0.25) is 0 Å². The first kappa shape index (κ1) is 12.8. The molecule has 2 nitrogen and oxygen atoms in total. The number of aryl methyl sites for hydroxylation is 2. The lowest BCUT2D eigenvalue weighted by Gasteiger charge is -2.09. The topological polar surface area (TPSA) is 29.1 Å². The van der Waals surface area contributed by atoms with Gasteiger partial charge in [0.05, 0.1) is 0 Å². The highest BCUT2D eigenvalue weighted by Crippen LogP contribution is 2.20. The third-order valence-corrected chi connectivity index (χ3v) is 3.21. The molecule has 0 aliphatic rings. The fourth-order valence-corrected chi connectivity index (χ4v) is 2.22. The van der Waals surface area contributed by atoms with Crippen LogP contribution in [0, 0.1) is 13.8 Å². The van der Waals surface area contributed by atoms with Crippen LogP contribution in [0.3, 0.4) is 0 Å². The van der Waals surface area contributed by atoms with Crippen LogP contribution in [0.1, 0.15) is 21.5 Å². The molecule has 0 heterocycles. The van der Waals surface area contributed by atoms with Crippen molar-refractivity contribution in [3.8, 4) is 0 Å². The molecular formula is C15H14BrNO. The third-order valence-electron chi connectivity index (χ3n) is 2.72. The van der Waals surface area contributed by atoms with Crippen LogP contribution in [0.5, 0.6) is 0 Å². The number of hydrogen-bond donors (Lipinski definition) is 1. The summed E-state index contributed by atoms with van der Waals surface area (Å²) in [5.41, 5.74) is 3.63. The number of carbonyl (C=O) groups is 1. The molecule has 0 atom stereocenters. The van der Waals surface area contributed by atoms with Gasteiger partial charge in [0, 0.05) is 15.7 Å². The molecule has 2 aromatic carbocycles. The second kappa shape index (κ2) is 5.36. The van der Waals surface area contributed by atoms with Crippen molar-refractivity contribution in [1.29, 1.82) is 0 Å². The Morgan fingerprint density at radius 3 is 2.56 bits per heavy atom. The van der Waals surface area contributed by atoms with Gasteiger partial charge in [-0.1, -0.05) is 33.6 Å². The summed E-state index contributed by atoms with van der Waals surface area (Å²) in [5.74, 6) is -0.0795. The minimum Gasteiger partial charge on any atom is -0.322 e. The van der Waals surface area contributed by atoms with E-state index in [1.54, 1.807) is 0 Å². The maximum absolute atomic E-state index is 12.1. The third kappa shape index (κ3) is 2.99. The van der Waals surface area contributed by atoms with Gasteiger partial charge in [0.25, 0.3) is 5.91 Å². The molecule has 92 valence electrons. The number of amides is 1. The van der Waals surface area contributed by atoms with Crippen molar-refractivity contribution >= 4 is 27.5 Å². The van der Waals surface area contributed by atoms with E-state index in [4.69, 9.17) is 0 Å². The molecule has 18 heavy (non-hydrogen) atoms. The molecule has 0 radical (unpaired) electrons. The Bertz CT molecular complexity index is 593. The molecule has 2 aromatic rings. The fourth-order valence-electron chi connectivity index (χ4n) is 1.75. The Morgan fingerprint density at radius 1 is 1.11 bits per heavy atom. The number of nitrogens with one attached hydrogen (secondary N) is 1. The molecule has 0 unspecified atom stereocenters. The molecule has 1 amide bonds. The van der Waals surface area contributed by atoms with Gasteiger partial charge in [-0.05, 0) is 49.7 Å². The first-order chi connectivity index (χ1) is 8.56. The van der Waals surface area contributed by atoms with Crippen molar-refractivity contribution in [3.05, 3.63) is 63.6 Å². The predicted molar refractivity (Wildman–Crippen MR) is 78.0 cm³/mol. The number of halogens is 1. The number of hydrogen-bond acceptors (Lipinski definition) is 1. The van der Waals surface area contributed by atoms with Gasteiger partial charge in [-0.15, -0.1) is 0 Å². The Balaban J connectivity index is 2.21. The molecule has 0 fully saturated rings. The average molecular weight is 304 g/mol. The van der Waals surface area contributed by atoms with E-state index in [1.807, 2.05) is 56.3 Å². The molecule has 0 aliphatic heterocycles. The molecule has 2 rings (SSSR count). The Kier molecular flexibility index (Phi) is 3.82. The van der Waals surface area contributed by atoms with Crippen molar-refractivity contribution in [2.75, 3.05) is 5.32 Å². The van der Waals surface area contributed by atoms with Crippen molar-refractivity contribution in [2.45, 2.75) is 13.8 Å². The van der Waals surface area contributed by atoms with Crippen molar-refractivity contribution in [1.82, 2.24) is 0 Å². The molecule has 0 bridgehead atoms. The quantitative estimate of drug-likeness (QED) is 0.879. The highest BCUT2D eigenvalue weighted by molar-refractivity contribution is 9.10. The largest absolute Gasteiger partial charge is 0.322 e. The number of carbonyl (C=O) groups excluding carboxylic acids is 1. The van der Waals surface area contributed by atoms with Gasteiger partial charge in [0.1, 0.15) is 0 Å². The van der Waals surface area contributed by atoms with Crippen molar-refractivity contribution in [3.63, 3.8) is 0 Å². The molecule has 3 heteroatoms. The Hall–Kier alpha value is -1.61. The summed E-state index contributed by atoms with van der Waals surface area (Å²) < 4.78 is 1.01. The number of anilines is 1. The summed E-state index contributed by atoms with van der Waals surface area (Å²) in [4.78, 5) is 12.1. The fraction of sp³-hybridized carbons (Fsp3) is 0.133. The maximum Gasteiger partial charge on any atom is 0.255 e. The van der Waals surface area contributed by atoms with E-state index in [2.05, 4.69) is 21.2 Å². The lowest BCUT2D eigenvalue weighted by molar-refractivity contribution is 0.102. The standard InChI is InChI=1S/C15H14BrNO/c1-10-4-3-5-12(8-10)15(18)17-14-7-6-13(16)9-11(14)2/h3-9H,1-2H3,(H,17,18). The van der Waals surface area contributed by atoms with Gasteiger partial charge in [0.15, 0.2) is 0 Å². The van der Waals surface area contributed by atoms with Crippen LogP contribution in [0.4, 0.5) is 5.69 Å². The minimum atomic E-state index is -0.0795. The van der Waals surface area contributed by atoms with Crippen molar-refractivity contribution < 1.29 is 4.79 Å². The van der Waals surface area contributed by atoms with Crippen molar-refractivity contribution in [2.24, 2.45) is 0 Å². The number of benzene rings is 2. The average Bonchev–Trinajstić information content (AvgIpc) is 2.32. The smallest absolute Gasteiger partial charge is 0.255 e. The van der Waals surface area contributed by atoms with Gasteiger partial charge in [0.2, 0.25) is 0 Å². The molecule has 1 N–H and O–H groups in total. The molecule has 0 aliphatic carbocycles. The second-order valence-electron chi connectivity index (χ2n) is 4.28. The van der Waals surface area contributed by atoms with E-state index in [9.17, 15) is 4.79 Å². The Morgan fingerprint density at radius 2 is 1.89 bits per heavy atom. The lowest BCUT2D eigenvalue weighted by atomic mass is 10.1. The van der Waals surface area contributed by atoms with Crippen LogP contribution >= 0.6 is 15.9 Å². The second-order valence-corrected chi connectivity index (χ2v) is 5.20. The number of rotatable bonds is 2. The summed E-state index contributed by atoms with van der Waals surface area (Å²) in [6.07, 6.45) is 0. The molecule has 0 saturated carbocycles. The Labute approximate surface area is 115 Å². The van der Waals surface area contributed by atoms with E-state index < -0.39 is 0 Å². The summed E-state index contributed by atoms with van der Waals surface area (Å²) in [5, 5.41) is 2.92.